The van der Waals surface area contributed by atoms with Gasteiger partial charge in [0.05, 0.1) is 12.2 Å². The Kier molecular flexibility index (Phi) is 4.07. The zero-order valence-corrected chi connectivity index (χ0v) is 12.6. The van der Waals surface area contributed by atoms with Crippen molar-refractivity contribution < 1.29 is 4.74 Å². The zero-order valence-electron chi connectivity index (χ0n) is 12.6. The fourth-order valence-electron chi connectivity index (χ4n) is 3.50. The standard InChI is InChI=1S/C19H24O/c1-3-18-17(13-15-9-5-4-6-10-15)14(2)16-11-7-8-12-19(16)20-18/h4-6,9-10,13,18-19H,3,7-8,11-12H2,1-2H3/b17-13+/t18-,19-/m1/s1. The molecule has 1 heterocycles. The van der Waals surface area contributed by atoms with Gasteiger partial charge in [0.2, 0.25) is 0 Å². The average Bonchev–Trinajstić information content (AvgIpc) is 2.51. The van der Waals surface area contributed by atoms with Crippen molar-refractivity contribution in [3.05, 3.63) is 52.6 Å². The number of ether oxygens (including phenoxy) is 1. The van der Waals surface area contributed by atoms with Gasteiger partial charge in [-0.05, 0) is 61.0 Å². The molecule has 1 aromatic carbocycles. The first-order valence-electron chi connectivity index (χ1n) is 7.91. The highest BCUT2D eigenvalue weighted by Crippen LogP contribution is 2.39. The van der Waals surface area contributed by atoms with Gasteiger partial charge in [-0.25, -0.2) is 0 Å². The Hall–Kier alpha value is -1.34. The number of rotatable bonds is 2. The molecule has 0 radical (unpaired) electrons. The predicted octanol–water partition coefficient (Wildman–Crippen LogP) is 5.14. The molecule has 1 fully saturated rings. The summed E-state index contributed by atoms with van der Waals surface area (Å²) < 4.78 is 6.37. The van der Waals surface area contributed by atoms with E-state index < -0.39 is 0 Å². The third-order valence-corrected chi connectivity index (χ3v) is 4.63. The molecule has 2 aliphatic rings. The highest BCUT2D eigenvalue weighted by Gasteiger charge is 2.32. The molecule has 0 spiro atoms. The van der Waals surface area contributed by atoms with Crippen LogP contribution in [0.4, 0.5) is 0 Å². The minimum absolute atomic E-state index is 0.266. The van der Waals surface area contributed by atoms with Gasteiger partial charge in [0, 0.05) is 0 Å². The van der Waals surface area contributed by atoms with E-state index in [9.17, 15) is 0 Å². The molecule has 1 aliphatic heterocycles. The van der Waals surface area contributed by atoms with Gasteiger partial charge in [-0.15, -0.1) is 0 Å². The highest BCUT2D eigenvalue weighted by molar-refractivity contribution is 5.61. The van der Waals surface area contributed by atoms with E-state index in [1.807, 2.05) is 0 Å². The van der Waals surface area contributed by atoms with Gasteiger partial charge < -0.3 is 4.74 Å². The first-order valence-corrected chi connectivity index (χ1v) is 7.91. The molecular formula is C19H24O. The predicted molar refractivity (Wildman–Crippen MR) is 84.5 cm³/mol. The van der Waals surface area contributed by atoms with E-state index in [4.69, 9.17) is 4.74 Å². The first-order chi connectivity index (χ1) is 9.79. The molecule has 1 saturated carbocycles. The molecule has 106 valence electrons. The molecule has 0 saturated heterocycles. The zero-order chi connectivity index (χ0) is 13.9. The molecule has 1 nitrogen and oxygen atoms in total. The molecule has 0 aromatic heterocycles. The van der Waals surface area contributed by atoms with Crippen molar-refractivity contribution in [1.82, 2.24) is 0 Å². The molecule has 0 unspecified atom stereocenters. The summed E-state index contributed by atoms with van der Waals surface area (Å²) in [6.07, 6.45) is 9.10. The van der Waals surface area contributed by atoms with Crippen molar-refractivity contribution >= 4 is 6.08 Å². The summed E-state index contributed by atoms with van der Waals surface area (Å²) in [4.78, 5) is 0. The van der Waals surface area contributed by atoms with E-state index in [1.165, 1.54) is 42.4 Å². The topological polar surface area (TPSA) is 9.23 Å². The Labute approximate surface area is 122 Å². The Balaban J connectivity index is 2.00. The maximum Gasteiger partial charge on any atom is 0.0833 e. The molecule has 3 rings (SSSR count). The second-order valence-corrected chi connectivity index (χ2v) is 5.93. The number of hydrogen-bond acceptors (Lipinski definition) is 1. The lowest BCUT2D eigenvalue weighted by atomic mass is 9.81. The molecule has 20 heavy (non-hydrogen) atoms. The van der Waals surface area contributed by atoms with Gasteiger partial charge >= 0.3 is 0 Å². The Morgan fingerprint density at radius 1 is 1.20 bits per heavy atom. The van der Waals surface area contributed by atoms with Crippen molar-refractivity contribution in [1.29, 1.82) is 0 Å². The van der Waals surface area contributed by atoms with Crippen molar-refractivity contribution in [2.45, 2.75) is 58.2 Å². The van der Waals surface area contributed by atoms with Gasteiger partial charge in [-0.1, -0.05) is 43.7 Å². The minimum Gasteiger partial charge on any atom is -0.366 e. The van der Waals surface area contributed by atoms with Crippen molar-refractivity contribution in [3.63, 3.8) is 0 Å². The van der Waals surface area contributed by atoms with E-state index in [2.05, 4.69) is 50.3 Å². The SMILES string of the molecule is CC[C@H]1O[C@@H]2CCCCC2=C(C)/C1=C\c1ccccc1. The fraction of sp³-hybridized carbons (Fsp3) is 0.474. The number of fused-ring (bicyclic) bond motifs is 1. The van der Waals surface area contributed by atoms with Crippen molar-refractivity contribution in [2.24, 2.45) is 0 Å². The number of benzene rings is 1. The fourth-order valence-corrected chi connectivity index (χ4v) is 3.50. The maximum absolute atomic E-state index is 6.37. The molecule has 1 aliphatic carbocycles. The summed E-state index contributed by atoms with van der Waals surface area (Å²) in [5.41, 5.74) is 5.73. The normalized spacial score (nSPS) is 28.6. The van der Waals surface area contributed by atoms with E-state index in [1.54, 1.807) is 5.57 Å². The van der Waals surface area contributed by atoms with Crippen LogP contribution in [-0.4, -0.2) is 12.2 Å². The Morgan fingerprint density at radius 2 is 2.00 bits per heavy atom. The van der Waals surface area contributed by atoms with Gasteiger partial charge in [0.15, 0.2) is 0 Å². The van der Waals surface area contributed by atoms with Crippen LogP contribution in [0.5, 0.6) is 0 Å². The van der Waals surface area contributed by atoms with Gasteiger partial charge in [0.25, 0.3) is 0 Å². The summed E-state index contributed by atoms with van der Waals surface area (Å²) in [5, 5.41) is 0. The van der Waals surface area contributed by atoms with Crippen LogP contribution in [0, 0.1) is 0 Å². The molecule has 1 aromatic rings. The lowest BCUT2D eigenvalue weighted by molar-refractivity contribution is 0.00596. The summed E-state index contributed by atoms with van der Waals surface area (Å²) in [7, 11) is 0. The molecular weight excluding hydrogens is 244 g/mol. The van der Waals surface area contributed by atoms with E-state index >= 15 is 0 Å². The summed E-state index contributed by atoms with van der Waals surface area (Å²) in [5.74, 6) is 0. The smallest absolute Gasteiger partial charge is 0.0833 e. The Bertz CT molecular complexity index is 524. The van der Waals surface area contributed by atoms with Crippen LogP contribution in [-0.2, 0) is 4.74 Å². The van der Waals surface area contributed by atoms with Crippen molar-refractivity contribution in [3.8, 4) is 0 Å². The van der Waals surface area contributed by atoms with E-state index in [0.717, 1.165) is 6.42 Å². The highest BCUT2D eigenvalue weighted by atomic mass is 16.5. The lowest BCUT2D eigenvalue weighted by Crippen LogP contribution is -2.33. The second kappa shape index (κ2) is 5.97. The Morgan fingerprint density at radius 3 is 2.75 bits per heavy atom. The summed E-state index contributed by atoms with van der Waals surface area (Å²) >= 11 is 0. The van der Waals surface area contributed by atoms with Crippen LogP contribution in [0.1, 0.15) is 51.5 Å². The summed E-state index contributed by atoms with van der Waals surface area (Å²) in [6.45, 7) is 4.53. The van der Waals surface area contributed by atoms with Crippen LogP contribution in [0.3, 0.4) is 0 Å². The average molecular weight is 268 g/mol. The third-order valence-electron chi connectivity index (χ3n) is 4.63. The quantitative estimate of drug-likeness (QED) is 0.721. The molecule has 0 amide bonds. The van der Waals surface area contributed by atoms with Crippen LogP contribution < -0.4 is 0 Å². The van der Waals surface area contributed by atoms with Crippen LogP contribution in [0.2, 0.25) is 0 Å². The lowest BCUT2D eigenvalue weighted by Gasteiger charge is -2.38. The summed E-state index contributed by atoms with van der Waals surface area (Å²) in [6, 6.07) is 10.6. The van der Waals surface area contributed by atoms with Crippen LogP contribution in [0.15, 0.2) is 47.1 Å². The second-order valence-electron chi connectivity index (χ2n) is 5.93. The molecule has 2 atom stereocenters. The van der Waals surface area contributed by atoms with E-state index in [-0.39, 0.29) is 6.10 Å². The van der Waals surface area contributed by atoms with Crippen molar-refractivity contribution in [2.75, 3.05) is 0 Å². The monoisotopic (exact) mass is 268 g/mol. The van der Waals surface area contributed by atoms with Gasteiger partial charge in [0.1, 0.15) is 0 Å². The molecule has 0 bridgehead atoms. The molecule has 1 heteroatoms. The third kappa shape index (κ3) is 2.60. The number of hydrogen-bond donors (Lipinski definition) is 0. The van der Waals surface area contributed by atoms with Crippen LogP contribution >= 0.6 is 0 Å². The van der Waals surface area contributed by atoms with Gasteiger partial charge in [-0.2, -0.15) is 0 Å². The largest absolute Gasteiger partial charge is 0.366 e. The van der Waals surface area contributed by atoms with E-state index in [0.29, 0.717) is 6.10 Å². The maximum atomic E-state index is 6.37. The first kappa shape index (κ1) is 13.6. The minimum atomic E-state index is 0.266. The van der Waals surface area contributed by atoms with Crippen LogP contribution in [0.25, 0.3) is 6.08 Å². The van der Waals surface area contributed by atoms with Gasteiger partial charge in [-0.3, -0.25) is 0 Å². The molecule has 0 N–H and O–H groups in total.